The second-order valence-corrected chi connectivity index (χ2v) is 22.1. The molecule has 0 saturated carbocycles. The molecule has 0 bridgehead atoms. The van der Waals surface area contributed by atoms with Crippen LogP contribution in [0.4, 0.5) is 0 Å². The van der Waals surface area contributed by atoms with E-state index in [1.807, 2.05) is 0 Å². The van der Waals surface area contributed by atoms with Crippen molar-refractivity contribution in [2.24, 2.45) is 0 Å². The topological polar surface area (TPSA) is 267 Å². The van der Waals surface area contributed by atoms with Crippen molar-refractivity contribution in [3.8, 4) is 0 Å². The number of nitrogens with zero attached hydrogens (tertiary/aromatic N) is 1. The summed E-state index contributed by atoms with van der Waals surface area (Å²) in [6.07, 6.45) is 43.4. The molecule has 22 heteroatoms. The van der Waals surface area contributed by atoms with E-state index in [4.69, 9.17) is 68.0 Å². The number of carboxylic acids is 2. The average Bonchev–Trinajstić information content (AvgIpc) is 3.45. The van der Waals surface area contributed by atoms with Crippen molar-refractivity contribution in [1.29, 1.82) is 0 Å². The molecule has 0 radical (unpaired) electrons. The van der Waals surface area contributed by atoms with Gasteiger partial charge in [-0.25, -0.2) is 0 Å². The molecule has 19 nitrogen and oxygen atoms in total. The minimum Gasteiger partial charge on any atom is -1.00 e. The van der Waals surface area contributed by atoms with Crippen LogP contribution in [-0.4, -0.2) is 206 Å². The Labute approximate surface area is 547 Å². The zero-order chi connectivity index (χ0) is 59.4. The largest absolute Gasteiger partial charge is 1.00 e. The maximum absolute atomic E-state index is 10.2. The van der Waals surface area contributed by atoms with Gasteiger partial charge in [0.2, 0.25) is 0 Å². The number of aliphatic hydroxyl groups excluding tert-OH is 3. The number of aliphatic hydroxyl groups is 3. The molecule has 0 saturated heterocycles. The van der Waals surface area contributed by atoms with Crippen molar-refractivity contribution in [1.82, 2.24) is 4.90 Å². The van der Waals surface area contributed by atoms with Crippen LogP contribution in [0.5, 0.6) is 0 Å². The van der Waals surface area contributed by atoms with Crippen LogP contribution in [0, 0.1) is 0 Å². The smallest absolute Gasteiger partial charge is 1.00 e. The van der Waals surface area contributed by atoms with Gasteiger partial charge in [0, 0.05) is 32.8 Å². The normalized spacial score (nSPS) is 11.6. The van der Waals surface area contributed by atoms with Crippen LogP contribution in [0.1, 0.15) is 229 Å². The third-order valence-corrected chi connectivity index (χ3v) is 14.2. The first-order valence-corrected chi connectivity index (χ1v) is 33.1. The first-order chi connectivity index (χ1) is 39.0. The van der Waals surface area contributed by atoms with E-state index in [1.54, 1.807) is 4.90 Å². The number of ether oxygens (including phenoxy) is 8. The molecule has 0 rings (SSSR count). The minimum atomic E-state index is -4.84. The first kappa shape index (κ1) is 91.1. The minimum absolute atomic E-state index is 0. The van der Waals surface area contributed by atoms with E-state index < -0.39 is 33.7 Å². The van der Waals surface area contributed by atoms with Crippen molar-refractivity contribution >= 4 is 22.1 Å². The predicted molar refractivity (Wildman–Crippen MR) is 321 cm³/mol. The van der Waals surface area contributed by atoms with Crippen LogP contribution in [0.15, 0.2) is 0 Å². The number of carboxylic acid groups (broad SMARTS) is 2. The monoisotopic (exact) mass is 1230 g/mol. The molecule has 0 aliphatic rings. The van der Waals surface area contributed by atoms with Crippen molar-refractivity contribution in [2.75, 3.05) is 145 Å². The molecular weight excluding hydrogens is 1100 g/mol. The molecule has 0 fully saturated rings. The molecule has 0 spiro atoms. The summed E-state index contributed by atoms with van der Waals surface area (Å²) in [5, 5.41) is 39.4. The zero-order valence-electron chi connectivity index (χ0n) is 54.9. The second kappa shape index (κ2) is 79.4. The molecule has 486 valence electrons. The zero-order valence-corrected chi connectivity index (χ0v) is 57.7. The maximum Gasteiger partial charge on any atom is 1.00 e. The Morgan fingerprint density at radius 1 is 0.354 bits per heavy atom. The van der Waals surface area contributed by atoms with Crippen LogP contribution < -0.4 is 59.1 Å². The summed E-state index contributed by atoms with van der Waals surface area (Å²) in [6, 6.07) is 0. The molecule has 0 aromatic heterocycles. The van der Waals surface area contributed by atoms with Gasteiger partial charge in [0.15, 0.2) is 5.25 Å². The Hall–Kier alpha value is 0.370. The molecule has 1 unspecified atom stereocenters. The summed E-state index contributed by atoms with van der Waals surface area (Å²) in [4.78, 5) is 21.8. The van der Waals surface area contributed by atoms with Gasteiger partial charge in [0.05, 0.1) is 119 Å². The molecule has 0 aromatic rings. The quantitative estimate of drug-likeness (QED) is 0.0267. The van der Waals surface area contributed by atoms with Crippen LogP contribution in [0.25, 0.3) is 0 Å². The summed E-state index contributed by atoms with van der Waals surface area (Å²) >= 11 is 0. The van der Waals surface area contributed by atoms with E-state index in [1.165, 1.54) is 193 Å². The SMILES string of the molecule is CCCCCCCCCCCCCCCCCCOCCOCCOCCOCCOCCOCCOCCOCCCCCCCCCCCCCCCCCC.O=C(O)CC(C(=O)O)S(=O)(=O)O.OCCN(CCO)CCO.[H-].[H-].[Na+].[Na+]. The molecule has 0 aliphatic heterocycles. The Kier molecular flexibility index (Phi) is 88.2. The molecule has 82 heavy (non-hydrogen) atoms. The predicted octanol–water partition coefficient (Wildman–Crippen LogP) is 4.94. The molecule has 0 amide bonds. The van der Waals surface area contributed by atoms with E-state index in [0.717, 1.165) is 26.1 Å². The summed E-state index contributed by atoms with van der Waals surface area (Å²) in [5.74, 6) is -3.50. The van der Waals surface area contributed by atoms with Gasteiger partial charge in [-0.3, -0.25) is 19.0 Å². The van der Waals surface area contributed by atoms with Crippen molar-refractivity contribution in [2.45, 2.75) is 231 Å². The van der Waals surface area contributed by atoms with E-state index in [-0.39, 0.29) is 81.8 Å². The molecular formula is C60H125NNa2O18S. The standard InChI is InChI=1S/C50H102O8.C6H15NO3.C4H6O7S.2Na.2H/c1-3-5-7-9-11-13-15-17-19-21-23-25-27-29-31-33-35-51-37-39-53-41-43-55-45-47-57-49-50-58-48-46-56-44-42-54-40-38-52-36-34-32-30-28-26-24-22-20-18-16-14-12-10-8-6-4-2;8-4-1-7(2-5-9)3-6-10;5-3(6)1-2(4(7)8)12(9,10)11;;;;/h3-50H2,1-2H3;8-10H,1-6H2;2H,1H2,(H,5,6)(H,7,8)(H,9,10,11);;;;/q;;;2*+1;2*-1. The summed E-state index contributed by atoms with van der Waals surface area (Å²) in [5.41, 5.74) is 0. The maximum atomic E-state index is 10.2. The molecule has 1 atom stereocenters. The van der Waals surface area contributed by atoms with E-state index in [9.17, 15) is 18.0 Å². The van der Waals surface area contributed by atoms with Crippen LogP contribution >= 0.6 is 0 Å². The van der Waals surface area contributed by atoms with Gasteiger partial charge in [-0.1, -0.05) is 206 Å². The number of hydrogen-bond donors (Lipinski definition) is 6. The van der Waals surface area contributed by atoms with Crippen molar-refractivity contribution < 1.29 is 148 Å². The Morgan fingerprint density at radius 3 is 0.683 bits per heavy atom. The summed E-state index contributed by atoms with van der Waals surface area (Å²) < 4.78 is 73.6. The average molecular weight is 1230 g/mol. The van der Waals surface area contributed by atoms with E-state index >= 15 is 0 Å². The number of hydrogen-bond acceptors (Lipinski definition) is 16. The van der Waals surface area contributed by atoms with Crippen LogP contribution in [-0.2, 0) is 57.6 Å². The van der Waals surface area contributed by atoms with Gasteiger partial charge in [0.25, 0.3) is 10.1 Å². The van der Waals surface area contributed by atoms with Crippen molar-refractivity contribution in [3.63, 3.8) is 0 Å². The van der Waals surface area contributed by atoms with Crippen molar-refractivity contribution in [3.05, 3.63) is 0 Å². The fraction of sp³-hybridized carbons (Fsp3) is 0.967. The number of carbonyl (C=O) groups is 2. The third kappa shape index (κ3) is 82.4. The molecule has 0 aliphatic carbocycles. The third-order valence-electron chi connectivity index (χ3n) is 13.1. The number of rotatable bonds is 65. The van der Waals surface area contributed by atoms with Gasteiger partial charge < -0.3 is 66.3 Å². The second-order valence-electron chi connectivity index (χ2n) is 20.5. The fourth-order valence-corrected chi connectivity index (χ4v) is 8.99. The van der Waals surface area contributed by atoms with Crippen LogP contribution in [0.2, 0.25) is 0 Å². The fourth-order valence-electron chi connectivity index (χ4n) is 8.38. The van der Waals surface area contributed by atoms with Gasteiger partial charge in [0.1, 0.15) is 0 Å². The van der Waals surface area contributed by atoms with Gasteiger partial charge in [-0.05, 0) is 12.8 Å². The first-order valence-electron chi connectivity index (χ1n) is 31.6. The Bertz CT molecular complexity index is 1260. The molecule has 0 heterocycles. The number of unbranched alkanes of at least 4 members (excludes halogenated alkanes) is 30. The Morgan fingerprint density at radius 2 is 0.537 bits per heavy atom. The van der Waals surface area contributed by atoms with Gasteiger partial charge >= 0.3 is 71.1 Å². The summed E-state index contributed by atoms with van der Waals surface area (Å²) in [7, 11) is -4.84. The van der Waals surface area contributed by atoms with Crippen LogP contribution in [0.3, 0.4) is 0 Å². The number of aliphatic carboxylic acids is 2. The van der Waals surface area contributed by atoms with Gasteiger partial charge in [-0.2, -0.15) is 8.42 Å². The van der Waals surface area contributed by atoms with E-state index in [2.05, 4.69) is 13.8 Å². The Balaban J connectivity index is -0.000000380. The summed E-state index contributed by atoms with van der Waals surface area (Å²) in [6.45, 7) is 16.3. The van der Waals surface area contributed by atoms with E-state index in [0.29, 0.717) is 112 Å². The van der Waals surface area contributed by atoms with Gasteiger partial charge in [-0.15, -0.1) is 0 Å². The molecule has 6 N–H and O–H groups in total. The molecule has 0 aromatic carbocycles.